The first kappa shape index (κ1) is 18.8. The fraction of sp³-hybridized carbons (Fsp3) is 0.391. The molecule has 3 aromatic rings. The summed E-state index contributed by atoms with van der Waals surface area (Å²) in [5, 5.41) is 4.46. The molecule has 2 aromatic heterocycles. The third-order valence-electron chi connectivity index (χ3n) is 5.45. The first-order valence-corrected chi connectivity index (χ1v) is 9.92. The van der Waals surface area contributed by atoms with Crippen molar-refractivity contribution in [1.29, 1.82) is 0 Å². The van der Waals surface area contributed by atoms with Crippen LogP contribution in [0.3, 0.4) is 0 Å². The van der Waals surface area contributed by atoms with Gasteiger partial charge in [0.25, 0.3) is 0 Å². The molecule has 1 atom stereocenters. The largest absolute Gasteiger partial charge is 0.369 e. The van der Waals surface area contributed by atoms with Crippen molar-refractivity contribution in [3.05, 3.63) is 82.4 Å². The zero-order chi connectivity index (χ0) is 19.5. The average molecular weight is 377 g/mol. The number of nitrogens with zero attached hydrogens (tertiary/aromatic N) is 4. The molecule has 0 radical (unpaired) electrons. The van der Waals surface area contributed by atoms with E-state index in [1.807, 2.05) is 11.7 Å². The topological polar surface area (TPSA) is 43.2 Å². The Labute approximate surface area is 167 Å². The van der Waals surface area contributed by atoms with E-state index in [1.165, 1.54) is 16.7 Å². The number of benzene rings is 1. The zero-order valence-corrected chi connectivity index (χ0v) is 16.9. The summed E-state index contributed by atoms with van der Waals surface area (Å²) < 4.78 is 7.96. The van der Waals surface area contributed by atoms with E-state index >= 15 is 0 Å². The molecule has 0 N–H and O–H groups in total. The van der Waals surface area contributed by atoms with Crippen LogP contribution in [0.1, 0.15) is 39.9 Å². The lowest BCUT2D eigenvalue weighted by Gasteiger charge is -2.32. The number of ether oxygens (including phenoxy) is 1. The Kier molecular flexibility index (Phi) is 5.55. The van der Waals surface area contributed by atoms with Crippen LogP contribution in [0.15, 0.2) is 48.7 Å². The van der Waals surface area contributed by atoms with Gasteiger partial charge >= 0.3 is 0 Å². The summed E-state index contributed by atoms with van der Waals surface area (Å²) >= 11 is 0. The quantitative estimate of drug-likeness (QED) is 0.682. The molecule has 146 valence electrons. The van der Waals surface area contributed by atoms with Crippen LogP contribution in [0.25, 0.3) is 0 Å². The molecule has 3 heterocycles. The number of hydrogen-bond donors (Lipinski definition) is 0. The van der Waals surface area contributed by atoms with Gasteiger partial charge in [-0.05, 0) is 37.1 Å². The molecule has 0 spiro atoms. The van der Waals surface area contributed by atoms with Gasteiger partial charge in [-0.1, -0.05) is 30.3 Å². The van der Waals surface area contributed by atoms with Crippen molar-refractivity contribution >= 4 is 0 Å². The van der Waals surface area contributed by atoms with Gasteiger partial charge in [0, 0.05) is 50.6 Å². The summed E-state index contributed by atoms with van der Waals surface area (Å²) in [6.07, 6.45) is 2.98. The molecular weight excluding hydrogens is 348 g/mol. The minimum absolute atomic E-state index is 0.0162. The molecule has 1 aliphatic heterocycles. The van der Waals surface area contributed by atoms with Crippen LogP contribution >= 0.6 is 0 Å². The lowest BCUT2D eigenvalue weighted by atomic mass is 10.0. The van der Waals surface area contributed by atoms with Gasteiger partial charge in [0.1, 0.15) is 6.10 Å². The van der Waals surface area contributed by atoms with Gasteiger partial charge in [-0.25, -0.2) is 0 Å². The second-order valence-electron chi connectivity index (χ2n) is 7.67. The minimum Gasteiger partial charge on any atom is -0.369 e. The second-order valence-corrected chi connectivity index (χ2v) is 7.67. The SMILES string of the molecule is Cc1ccccc1Cc1cccc([C@@H]2CN(Cc3cn(C)nc3C)CCO2)n1. The molecule has 1 aromatic carbocycles. The van der Waals surface area contributed by atoms with Crippen molar-refractivity contribution in [3.8, 4) is 0 Å². The average Bonchev–Trinajstić information content (AvgIpc) is 3.01. The van der Waals surface area contributed by atoms with Crippen molar-refractivity contribution in [2.45, 2.75) is 32.9 Å². The van der Waals surface area contributed by atoms with Crippen LogP contribution in [0, 0.1) is 13.8 Å². The van der Waals surface area contributed by atoms with Crippen LogP contribution in [0.2, 0.25) is 0 Å². The molecule has 0 saturated carbocycles. The van der Waals surface area contributed by atoms with Crippen LogP contribution in [-0.2, 0) is 24.8 Å². The fourth-order valence-electron chi connectivity index (χ4n) is 3.85. The highest BCUT2D eigenvalue weighted by atomic mass is 16.5. The summed E-state index contributed by atoms with van der Waals surface area (Å²) in [5.41, 5.74) is 7.13. The standard InChI is InChI=1S/C23H28N4O/c1-17-7-4-5-8-19(17)13-21-9-6-10-22(24-21)23-16-27(11-12-28-23)15-20-14-26(3)25-18(20)2/h4-10,14,23H,11-13,15-16H2,1-3H3/t23-/m0/s1. The zero-order valence-electron chi connectivity index (χ0n) is 16.9. The Bertz CT molecular complexity index is 949. The lowest BCUT2D eigenvalue weighted by molar-refractivity contribution is -0.0351. The number of aryl methyl sites for hydroxylation is 3. The van der Waals surface area contributed by atoms with Gasteiger partial charge in [-0.2, -0.15) is 5.10 Å². The fourth-order valence-corrected chi connectivity index (χ4v) is 3.85. The van der Waals surface area contributed by atoms with Crippen LogP contribution in [0.4, 0.5) is 0 Å². The number of hydrogen-bond acceptors (Lipinski definition) is 4. The Hall–Kier alpha value is -2.50. The Balaban J connectivity index is 1.46. The molecule has 0 unspecified atom stereocenters. The first-order chi connectivity index (χ1) is 13.6. The van der Waals surface area contributed by atoms with E-state index in [0.29, 0.717) is 0 Å². The summed E-state index contributed by atoms with van der Waals surface area (Å²) in [4.78, 5) is 7.37. The molecule has 0 amide bonds. The highest BCUT2D eigenvalue weighted by molar-refractivity contribution is 5.30. The van der Waals surface area contributed by atoms with Crippen LogP contribution < -0.4 is 0 Å². The van der Waals surface area contributed by atoms with Gasteiger partial charge in [-0.15, -0.1) is 0 Å². The van der Waals surface area contributed by atoms with Gasteiger partial charge in [-0.3, -0.25) is 14.6 Å². The van der Waals surface area contributed by atoms with Crippen molar-refractivity contribution < 1.29 is 4.74 Å². The van der Waals surface area contributed by atoms with Crippen molar-refractivity contribution in [3.63, 3.8) is 0 Å². The molecule has 0 bridgehead atoms. The molecule has 5 heteroatoms. The Morgan fingerprint density at radius 3 is 2.71 bits per heavy atom. The molecular formula is C23H28N4O. The van der Waals surface area contributed by atoms with Gasteiger partial charge in [0.2, 0.25) is 0 Å². The maximum atomic E-state index is 6.07. The van der Waals surface area contributed by atoms with E-state index in [1.54, 1.807) is 0 Å². The van der Waals surface area contributed by atoms with Crippen molar-refractivity contribution in [2.24, 2.45) is 7.05 Å². The summed E-state index contributed by atoms with van der Waals surface area (Å²) in [7, 11) is 1.97. The van der Waals surface area contributed by atoms with E-state index in [9.17, 15) is 0 Å². The maximum absolute atomic E-state index is 6.07. The van der Waals surface area contributed by atoms with Gasteiger partial charge < -0.3 is 4.74 Å². The third kappa shape index (κ3) is 4.32. The highest BCUT2D eigenvalue weighted by Crippen LogP contribution is 2.23. The highest BCUT2D eigenvalue weighted by Gasteiger charge is 2.24. The number of morpholine rings is 1. The number of aromatic nitrogens is 3. The monoisotopic (exact) mass is 376 g/mol. The Morgan fingerprint density at radius 1 is 1.07 bits per heavy atom. The van der Waals surface area contributed by atoms with Crippen molar-refractivity contribution in [2.75, 3.05) is 19.7 Å². The molecule has 4 rings (SSSR count). The van der Waals surface area contributed by atoms with E-state index in [-0.39, 0.29) is 6.10 Å². The molecule has 5 nitrogen and oxygen atoms in total. The predicted molar refractivity (Wildman–Crippen MR) is 110 cm³/mol. The van der Waals surface area contributed by atoms with Crippen LogP contribution in [-0.4, -0.2) is 39.4 Å². The molecule has 28 heavy (non-hydrogen) atoms. The molecule has 1 aliphatic rings. The van der Waals surface area contributed by atoms with Crippen LogP contribution in [0.5, 0.6) is 0 Å². The summed E-state index contributed by atoms with van der Waals surface area (Å²) in [5.74, 6) is 0. The second kappa shape index (κ2) is 8.25. The molecule has 0 aliphatic carbocycles. The minimum atomic E-state index is 0.0162. The molecule has 1 saturated heterocycles. The number of rotatable bonds is 5. The van der Waals surface area contributed by atoms with E-state index in [0.717, 1.165) is 49.7 Å². The summed E-state index contributed by atoms with van der Waals surface area (Å²) in [6.45, 7) is 7.66. The van der Waals surface area contributed by atoms with E-state index < -0.39 is 0 Å². The summed E-state index contributed by atoms with van der Waals surface area (Å²) in [6, 6.07) is 14.8. The Morgan fingerprint density at radius 2 is 1.93 bits per heavy atom. The maximum Gasteiger partial charge on any atom is 0.112 e. The number of pyridine rings is 1. The third-order valence-corrected chi connectivity index (χ3v) is 5.45. The van der Waals surface area contributed by atoms with Gasteiger partial charge in [0.05, 0.1) is 18.0 Å². The lowest BCUT2D eigenvalue weighted by Crippen LogP contribution is -2.38. The van der Waals surface area contributed by atoms with E-state index in [2.05, 4.69) is 72.5 Å². The molecule has 1 fully saturated rings. The van der Waals surface area contributed by atoms with E-state index in [4.69, 9.17) is 9.72 Å². The van der Waals surface area contributed by atoms with Crippen molar-refractivity contribution in [1.82, 2.24) is 19.7 Å². The predicted octanol–water partition coefficient (Wildman–Crippen LogP) is 3.60. The normalized spacial score (nSPS) is 17.8. The van der Waals surface area contributed by atoms with Gasteiger partial charge in [0.15, 0.2) is 0 Å². The first-order valence-electron chi connectivity index (χ1n) is 9.92. The smallest absolute Gasteiger partial charge is 0.112 e.